The molecule has 1 aromatic rings. The molecule has 3 N–H and O–H groups in total. The Morgan fingerprint density at radius 2 is 2.44 bits per heavy atom. The molecule has 2 amide bonds. The minimum absolute atomic E-state index is 0.234. The number of urea groups is 1. The monoisotopic (exact) mass is 227 g/mol. The van der Waals surface area contributed by atoms with Crippen LogP contribution in [0, 0.1) is 0 Å². The molecular weight excluding hydrogens is 210 g/mol. The van der Waals surface area contributed by atoms with Gasteiger partial charge in [-0.05, 0) is 6.42 Å². The maximum atomic E-state index is 11.4. The van der Waals surface area contributed by atoms with Crippen molar-refractivity contribution in [3.8, 4) is 0 Å². The number of aliphatic hydroxyl groups is 1. The summed E-state index contributed by atoms with van der Waals surface area (Å²) in [7, 11) is 1.68. The lowest BCUT2D eigenvalue weighted by molar-refractivity contribution is 0.162. The molecule has 7 heteroatoms. The molecule has 0 saturated carbocycles. The van der Waals surface area contributed by atoms with E-state index >= 15 is 0 Å². The summed E-state index contributed by atoms with van der Waals surface area (Å²) in [5.41, 5.74) is 0. The molecule has 1 aromatic heterocycles. The fourth-order valence-corrected chi connectivity index (χ4v) is 1.20. The molecule has 1 heterocycles. The van der Waals surface area contributed by atoms with Crippen LogP contribution >= 0.6 is 0 Å². The van der Waals surface area contributed by atoms with E-state index in [1.807, 2.05) is 6.92 Å². The van der Waals surface area contributed by atoms with E-state index in [4.69, 9.17) is 0 Å². The Kier molecular flexibility index (Phi) is 4.71. The maximum Gasteiger partial charge on any atom is 0.321 e. The summed E-state index contributed by atoms with van der Waals surface area (Å²) in [6, 6.07) is -0.397. The molecule has 0 aromatic carbocycles. The Bertz CT molecular complexity index is 338. The first-order valence-corrected chi connectivity index (χ1v) is 5.20. The number of hydrogen-bond donors (Lipinski definition) is 3. The van der Waals surface area contributed by atoms with Gasteiger partial charge < -0.3 is 10.4 Å². The largest absolute Gasteiger partial charge is 0.391 e. The highest BCUT2D eigenvalue weighted by Gasteiger charge is 2.08. The van der Waals surface area contributed by atoms with Crippen LogP contribution in [-0.2, 0) is 7.05 Å². The lowest BCUT2D eigenvalue weighted by Crippen LogP contribution is -2.35. The van der Waals surface area contributed by atoms with Crippen LogP contribution in [0.2, 0.25) is 0 Å². The first-order valence-electron chi connectivity index (χ1n) is 5.20. The Morgan fingerprint density at radius 3 is 3.00 bits per heavy atom. The average Bonchev–Trinajstić information content (AvgIpc) is 2.62. The Hall–Kier alpha value is -1.63. The third kappa shape index (κ3) is 3.85. The normalized spacial score (nSPS) is 12.2. The van der Waals surface area contributed by atoms with Gasteiger partial charge in [0.25, 0.3) is 0 Å². The van der Waals surface area contributed by atoms with Gasteiger partial charge in [-0.2, -0.15) is 10.1 Å². The van der Waals surface area contributed by atoms with Gasteiger partial charge >= 0.3 is 6.03 Å². The van der Waals surface area contributed by atoms with Gasteiger partial charge in [-0.25, -0.2) is 9.48 Å². The quantitative estimate of drug-likeness (QED) is 0.665. The molecule has 0 radical (unpaired) electrons. The molecule has 1 unspecified atom stereocenters. The summed E-state index contributed by atoms with van der Waals surface area (Å²) in [6.45, 7) is 2.21. The fraction of sp³-hybridized carbons (Fsp3) is 0.667. The van der Waals surface area contributed by atoms with Crippen molar-refractivity contribution in [2.45, 2.75) is 25.9 Å². The average molecular weight is 227 g/mol. The second kappa shape index (κ2) is 6.06. The summed E-state index contributed by atoms with van der Waals surface area (Å²) >= 11 is 0. The molecule has 0 fully saturated rings. The number of aryl methyl sites for hydroxylation is 1. The van der Waals surface area contributed by atoms with Crippen LogP contribution in [0.15, 0.2) is 6.33 Å². The van der Waals surface area contributed by atoms with E-state index in [2.05, 4.69) is 20.7 Å². The number of anilines is 1. The zero-order valence-corrected chi connectivity index (χ0v) is 9.47. The van der Waals surface area contributed by atoms with Crippen molar-refractivity contribution >= 4 is 12.0 Å². The highest BCUT2D eigenvalue weighted by atomic mass is 16.3. The molecule has 16 heavy (non-hydrogen) atoms. The maximum absolute atomic E-state index is 11.4. The Morgan fingerprint density at radius 1 is 1.69 bits per heavy atom. The first-order chi connectivity index (χ1) is 7.63. The SMILES string of the molecule is CCCC(O)CNC(=O)Nc1ncnn1C. The predicted octanol–water partition coefficient (Wildman–Crippen LogP) is 0.0976. The molecule has 0 aliphatic rings. The second-order valence-corrected chi connectivity index (χ2v) is 3.48. The third-order valence-electron chi connectivity index (χ3n) is 2.06. The van der Waals surface area contributed by atoms with Crippen molar-refractivity contribution in [1.29, 1.82) is 0 Å². The highest BCUT2D eigenvalue weighted by Crippen LogP contribution is 1.97. The van der Waals surface area contributed by atoms with Gasteiger partial charge in [0.1, 0.15) is 6.33 Å². The number of nitrogens with zero attached hydrogens (tertiary/aromatic N) is 3. The predicted molar refractivity (Wildman–Crippen MR) is 58.9 cm³/mol. The number of hydrogen-bond acceptors (Lipinski definition) is 4. The minimum Gasteiger partial charge on any atom is -0.391 e. The Balaban J connectivity index is 2.29. The van der Waals surface area contributed by atoms with Crippen molar-refractivity contribution in [2.24, 2.45) is 7.05 Å². The molecule has 0 bridgehead atoms. The van der Waals surface area contributed by atoms with Crippen molar-refractivity contribution in [2.75, 3.05) is 11.9 Å². The number of carbonyl (C=O) groups excluding carboxylic acids is 1. The molecule has 1 atom stereocenters. The molecule has 7 nitrogen and oxygen atoms in total. The van der Waals surface area contributed by atoms with Crippen LogP contribution < -0.4 is 10.6 Å². The van der Waals surface area contributed by atoms with Crippen molar-refractivity contribution in [1.82, 2.24) is 20.1 Å². The van der Waals surface area contributed by atoms with Gasteiger partial charge in [-0.3, -0.25) is 5.32 Å². The van der Waals surface area contributed by atoms with E-state index in [0.717, 1.165) is 6.42 Å². The van der Waals surface area contributed by atoms with Gasteiger partial charge in [0, 0.05) is 13.6 Å². The molecule has 90 valence electrons. The van der Waals surface area contributed by atoms with E-state index in [0.29, 0.717) is 12.4 Å². The van der Waals surface area contributed by atoms with Crippen LogP contribution in [0.1, 0.15) is 19.8 Å². The van der Waals surface area contributed by atoms with Crippen LogP contribution in [-0.4, -0.2) is 38.6 Å². The van der Waals surface area contributed by atoms with Crippen LogP contribution in [0.5, 0.6) is 0 Å². The lowest BCUT2D eigenvalue weighted by atomic mass is 10.2. The first kappa shape index (κ1) is 12.4. The smallest absolute Gasteiger partial charge is 0.321 e. The standard InChI is InChI=1S/C9H17N5O2/c1-3-4-7(15)5-10-9(16)13-8-11-6-12-14(8)2/h6-7,15H,3-5H2,1-2H3,(H2,10,11,12,13,16). The molecule has 0 aliphatic heterocycles. The molecular formula is C9H17N5O2. The summed E-state index contributed by atoms with van der Waals surface area (Å²) < 4.78 is 1.45. The van der Waals surface area contributed by atoms with Crippen LogP contribution in [0.3, 0.4) is 0 Å². The van der Waals surface area contributed by atoms with Crippen LogP contribution in [0.25, 0.3) is 0 Å². The Labute approximate surface area is 93.9 Å². The number of aromatic nitrogens is 3. The van der Waals surface area contributed by atoms with Crippen LogP contribution in [0.4, 0.5) is 10.7 Å². The highest BCUT2D eigenvalue weighted by molar-refractivity contribution is 5.87. The summed E-state index contributed by atoms with van der Waals surface area (Å²) in [5.74, 6) is 0.363. The van der Waals surface area contributed by atoms with Gasteiger partial charge in [-0.1, -0.05) is 13.3 Å². The summed E-state index contributed by atoms with van der Waals surface area (Å²) in [4.78, 5) is 15.2. The van der Waals surface area contributed by atoms with E-state index in [1.54, 1.807) is 7.05 Å². The molecule has 0 aliphatic carbocycles. The molecule has 0 saturated heterocycles. The summed E-state index contributed by atoms with van der Waals surface area (Å²) in [5, 5.41) is 18.3. The number of aliphatic hydroxyl groups excluding tert-OH is 1. The fourth-order valence-electron chi connectivity index (χ4n) is 1.20. The van der Waals surface area contributed by atoms with E-state index in [9.17, 15) is 9.90 Å². The van der Waals surface area contributed by atoms with E-state index in [1.165, 1.54) is 11.0 Å². The third-order valence-corrected chi connectivity index (χ3v) is 2.06. The number of nitrogens with one attached hydrogen (secondary N) is 2. The molecule has 1 rings (SSSR count). The van der Waals surface area contributed by atoms with Crippen molar-refractivity contribution in [3.63, 3.8) is 0 Å². The zero-order valence-electron chi connectivity index (χ0n) is 9.47. The number of amides is 2. The van der Waals surface area contributed by atoms with E-state index in [-0.39, 0.29) is 6.54 Å². The lowest BCUT2D eigenvalue weighted by Gasteiger charge is -2.10. The van der Waals surface area contributed by atoms with Crippen molar-refractivity contribution < 1.29 is 9.90 Å². The van der Waals surface area contributed by atoms with E-state index < -0.39 is 12.1 Å². The topological polar surface area (TPSA) is 92.1 Å². The second-order valence-electron chi connectivity index (χ2n) is 3.48. The van der Waals surface area contributed by atoms with Gasteiger partial charge in [0.15, 0.2) is 0 Å². The van der Waals surface area contributed by atoms with Gasteiger partial charge in [0.2, 0.25) is 5.95 Å². The summed E-state index contributed by atoms with van der Waals surface area (Å²) in [6.07, 6.45) is 2.40. The van der Waals surface area contributed by atoms with Crippen molar-refractivity contribution in [3.05, 3.63) is 6.33 Å². The molecule has 0 spiro atoms. The zero-order chi connectivity index (χ0) is 12.0. The van der Waals surface area contributed by atoms with Gasteiger partial charge in [-0.15, -0.1) is 0 Å². The minimum atomic E-state index is -0.504. The van der Waals surface area contributed by atoms with Gasteiger partial charge in [0.05, 0.1) is 6.10 Å². The number of carbonyl (C=O) groups is 1. The number of rotatable bonds is 5.